The highest BCUT2D eigenvalue weighted by atomic mass is 32.1. The summed E-state index contributed by atoms with van der Waals surface area (Å²) in [5.41, 5.74) is 1.37. The molecular formula is C17H18N2O2S. The zero-order chi connectivity index (χ0) is 15.9. The molecule has 0 unspecified atom stereocenters. The highest BCUT2D eigenvalue weighted by molar-refractivity contribution is 7.81. The lowest BCUT2D eigenvalue weighted by Gasteiger charge is -2.24. The smallest absolute Gasteiger partial charge is 0.251 e. The molecule has 0 saturated heterocycles. The summed E-state index contributed by atoms with van der Waals surface area (Å²) in [4.78, 5) is 24.3. The third-order valence-electron chi connectivity index (χ3n) is 3.31. The standard InChI is InChI=1S/C17H18N2O2S/c1-18-17(21)15(22)14(12-8-4-2-5-9-12)19-16(20)13-10-6-3-7-11-13/h2-11,14-15,22H,1H3,(H,18,21)(H,19,20)/t14-,15-/m0/s1. The molecule has 5 heteroatoms. The van der Waals surface area contributed by atoms with Crippen LogP contribution in [0.15, 0.2) is 60.7 Å². The summed E-state index contributed by atoms with van der Waals surface area (Å²) in [6, 6.07) is 17.7. The maximum Gasteiger partial charge on any atom is 0.251 e. The van der Waals surface area contributed by atoms with Crippen LogP contribution in [0, 0.1) is 0 Å². The van der Waals surface area contributed by atoms with Gasteiger partial charge in [-0.25, -0.2) is 0 Å². The van der Waals surface area contributed by atoms with Crippen LogP contribution in [0.25, 0.3) is 0 Å². The normalized spacial score (nSPS) is 13.0. The van der Waals surface area contributed by atoms with E-state index in [0.717, 1.165) is 5.56 Å². The fraction of sp³-hybridized carbons (Fsp3) is 0.176. The molecule has 2 atom stereocenters. The molecule has 0 heterocycles. The molecule has 0 aliphatic heterocycles. The lowest BCUT2D eigenvalue weighted by Crippen LogP contribution is -2.41. The van der Waals surface area contributed by atoms with Crippen molar-refractivity contribution in [2.45, 2.75) is 11.3 Å². The third kappa shape index (κ3) is 3.89. The second-order valence-corrected chi connectivity index (χ2v) is 5.34. The molecule has 4 nitrogen and oxygen atoms in total. The molecule has 0 radical (unpaired) electrons. The first kappa shape index (κ1) is 16.1. The molecule has 2 aromatic rings. The van der Waals surface area contributed by atoms with Gasteiger partial charge in [-0.1, -0.05) is 48.5 Å². The molecule has 114 valence electrons. The molecule has 2 rings (SSSR count). The second-order valence-electron chi connectivity index (χ2n) is 4.79. The van der Waals surface area contributed by atoms with Crippen molar-refractivity contribution in [3.63, 3.8) is 0 Å². The minimum absolute atomic E-state index is 0.239. The van der Waals surface area contributed by atoms with Gasteiger partial charge in [-0.15, -0.1) is 0 Å². The first-order valence-corrected chi connectivity index (χ1v) is 7.45. The van der Waals surface area contributed by atoms with E-state index in [1.165, 1.54) is 0 Å². The fourth-order valence-corrected chi connectivity index (χ4v) is 2.49. The van der Waals surface area contributed by atoms with Crippen molar-refractivity contribution in [1.29, 1.82) is 0 Å². The van der Waals surface area contributed by atoms with E-state index >= 15 is 0 Å². The van der Waals surface area contributed by atoms with Crippen LogP contribution in [0.3, 0.4) is 0 Å². The Kier molecular flexibility index (Phi) is 5.61. The highest BCUT2D eigenvalue weighted by Gasteiger charge is 2.27. The zero-order valence-corrected chi connectivity index (χ0v) is 13.1. The number of rotatable bonds is 5. The maximum atomic E-state index is 12.4. The summed E-state index contributed by atoms with van der Waals surface area (Å²) in [6.45, 7) is 0. The minimum Gasteiger partial charge on any atom is -0.358 e. The van der Waals surface area contributed by atoms with Crippen molar-refractivity contribution >= 4 is 24.4 Å². The molecule has 2 N–H and O–H groups in total. The van der Waals surface area contributed by atoms with Gasteiger partial charge in [-0.3, -0.25) is 9.59 Å². The molecule has 0 saturated carbocycles. The number of carbonyl (C=O) groups excluding carboxylic acids is 2. The van der Waals surface area contributed by atoms with Crippen LogP contribution in [0.4, 0.5) is 0 Å². The van der Waals surface area contributed by atoms with E-state index in [1.54, 1.807) is 31.3 Å². The van der Waals surface area contributed by atoms with Crippen molar-refractivity contribution in [3.8, 4) is 0 Å². The lowest BCUT2D eigenvalue weighted by atomic mass is 10.0. The Hall–Kier alpha value is -2.27. The molecule has 0 aromatic heterocycles. The van der Waals surface area contributed by atoms with Crippen molar-refractivity contribution in [2.24, 2.45) is 0 Å². The summed E-state index contributed by atoms with van der Waals surface area (Å²) in [5.74, 6) is -0.483. The van der Waals surface area contributed by atoms with E-state index in [0.29, 0.717) is 5.56 Å². The Bertz CT molecular complexity index is 632. The predicted octanol–water partition coefficient (Wildman–Crippen LogP) is 2.20. The number of nitrogens with one attached hydrogen (secondary N) is 2. The first-order chi connectivity index (χ1) is 10.6. The summed E-state index contributed by atoms with van der Waals surface area (Å²) in [7, 11) is 1.55. The first-order valence-electron chi connectivity index (χ1n) is 6.94. The third-order valence-corrected chi connectivity index (χ3v) is 3.84. The van der Waals surface area contributed by atoms with Crippen LogP contribution in [-0.2, 0) is 4.79 Å². The van der Waals surface area contributed by atoms with E-state index in [4.69, 9.17) is 0 Å². The SMILES string of the molecule is CNC(=O)[C@@H](S)[C@@H](NC(=O)c1ccccc1)c1ccccc1. The molecule has 2 aromatic carbocycles. The molecule has 22 heavy (non-hydrogen) atoms. The van der Waals surface area contributed by atoms with Crippen molar-refractivity contribution in [2.75, 3.05) is 7.05 Å². The van der Waals surface area contributed by atoms with Crippen molar-refractivity contribution in [1.82, 2.24) is 10.6 Å². The summed E-state index contributed by atoms with van der Waals surface area (Å²) in [5, 5.41) is 4.77. The van der Waals surface area contributed by atoms with E-state index in [-0.39, 0.29) is 11.8 Å². The van der Waals surface area contributed by atoms with Gasteiger partial charge in [0.2, 0.25) is 5.91 Å². The number of hydrogen-bond donors (Lipinski definition) is 3. The van der Waals surface area contributed by atoms with Gasteiger partial charge >= 0.3 is 0 Å². The minimum atomic E-state index is -0.680. The Morgan fingerprint density at radius 3 is 2.05 bits per heavy atom. The van der Waals surface area contributed by atoms with Crippen LogP contribution in [0.5, 0.6) is 0 Å². The monoisotopic (exact) mass is 314 g/mol. The molecule has 0 aliphatic rings. The van der Waals surface area contributed by atoms with Gasteiger partial charge in [0.1, 0.15) is 5.25 Å². The van der Waals surface area contributed by atoms with Gasteiger partial charge in [-0.2, -0.15) is 12.6 Å². The van der Waals surface area contributed by atoms with E-state index in [2.05, 4.69) is 23.3 Å². The molecule has 0 aliphatic carbocycles. The van der Waals surface area contributed by atoms with Gasteiger partial charge in [0.25, 0.3) is 5.91 Å². The van der Waals surface area contributed by atoms with Crippen LogP contribution in [-0.4, -0.2) is 24.1 Å². The molecule has 0 spiro atoms. The maximum absolute atomic E-state index is 12.4. The number of carbonyl (C=O) groups is 2. The quantitative estimate of drug-likeness (QED) is 0.741. The Morgan fingerprint density at radius 2 is 1.50 bits per heavy atom. The molecular weight excluding hydrogens is 296 g/mol. The van der Waals surface area contributed by atoms with Gasteiger partial charge in [0.15, 0.2) is 0 Å². The van der Waals surface area contributed by atoms with Gasteiger partial charge in [0, 0.05) is 12.6 Å². The van der Waals surface area contributed by atoms with Crippen molar-refractivity contribution in [3.05, 3.63) is 71.8 Å². The van der Waals surface area contributed by atoms with Crippen LogP contribution in [0.2, 0.25) is 0 Å². The number of benzene rings is 2. The number of thiol groups is 1. The van der Waals surface area contributed by atoms with Crippen LogP contribution >= 0.6 is 12.6 Å². The van der Waals surface area contributed by atoms with E-state index in [1.807, 2.05) is 36.4 Å². The average molecular weight is 314 g/mol. The predicted molar refractivity (Wildman–Crippen MR) is 89.9 cm³/mol. The van der Waals surface area contributed by atoms with Gasteiger partial charge in [-0.05, 0) is 17.7 Å². The molecule has 0 fully saturated rings. The lowest BCUT2D eigenvalue weighted by molar-refractivity contribution is -0.120. The van der Waals surface area contributed by atoms with Crippen LogP contribution < -0.4 is 10.6 Å². The fourth-order valence-electron chi connectivity index (χ4n) is 2.12. The molecule has 2 amide bonds. The molecule has 0 bridgehead atoms. The van der Waals surface area contributed by atoms with E-state index in [9.17, 15) is 9.59 Å². The topological polar surface area (TPSA) is 58.2 Å². The van der Waals surface area contributed by atoms with Crippen LogP contribution in [0.1, 0.15) is 22.0 Å². The second kappa shape index (κ2) is 7.66. The average Bonchev–Trinajstić information content (AvgIpc) is 2.59. The highest BCUT2D eigenvalue weighted by Crippen LogP contribution is 2.21. The zero-order valence-electron chi connectivity index (χ0n) is 12.2. The summed E-state index contributed by atoms with van der Waals surface area (Å²) >= 11 is 4.37. The largest absolute Gasteiger partial charge is 0.358 e. The Labute approximate surface area is 135 Å². The van der Waals surface area contributed by atoms with E-state index < -0.39 is 11.3 Å². The van der Waals surface area contributed by atoms with Crippen molar-refractivity contribution < 1.29 is 9.59 Å². The number of hydrogen-bond acceptors (Lipinski definition) is 3. The summed E-state index contributed by atoms with van der Waals surface area (Å²) in [6.07, 6.45) is 0. The van der Waals surface area contributed by atoms with Gasteiger partial charge in [0.05, 0.1) is 6.04 Å². The Balaban J connectivity index is 2.25. The Morgan fingerprint density at radius 1 is 0.955 bits per heavy atom. The summed E-state index contributed by atoms with van der Waals surface area (Å²) < 4.78 is 0. The number of amides is 2. The van der Waals surface area contributed by atoms with Gasteiger partial charge < -0.3 is 10.6 Å².